The molecule has 0 radical (unpaired) electrons. The number of hydrogen-bond acceptors (Lipinski definition) is 2. The molecule has 1 aliphatic heterocycles. The second-order valence-electron chi connectivity index (χ2n) is 5.76. The van der Waals surface area contributed by atoms with Gasteiger partial charge < -0.3 is 14.9 Å². The maximum atomic E-state index is 12.3. The Labute approximate surface area is 125 Å². The van der Waals surface area contributed by atoms with Crippen molar-refractivity contribution < 1.29 is 14.7 Å². The van der Waals surface area contributed by atoms with E-state index >= 15 is 0 Å². The van der Waals surface area contributed by atoms with E-state index in [0.717, 1.165) is 25.1 Å². The molecule has 5 nitrogen and oxygen atoms in total. The van der Waals surface area contributed by atoms with E-state index < -0.39 is 5.97 Å². The first kappa shape index (κ1) is 15.4. The van der Waals surface area contributed by atoms with Gasteiger partial charge in [-0.05, 0) is 30.4 Å². The van der Waals surface area contributed by atoms with Gasteiger partial charge in [0.1, 0.15) is 0 Å². The van der Waals surface area contributed by atoms with E-state index in [1.165, 1.54) is 0 Å². The van der Waals surface area contributed by atoms with Crippen molar-refractivity contribution in [1.29, 1.82) is 0 Å². The van der Waals surface area contributed by atoms with E-state index in [2.05, 4.69) is 6.92 Å². The van der Waals surface area contributed by atoms with Crippen molar-refractivity contribution in [2.24, 2.45) is 5.92 Å². The smallest absolute Gasteiger partial charge is 0.335 e. The molecule has 1 heterocycles. The van der Waals surface area contributed by atoms with Gasteiger partial charge >= 0.3 is 12.0 Å². The van der Waals surface area contributed by atoms with Crippen LogP contribution >= 0.6 is 0 Å². The summed E-state index contributed by atoms with van der Waals surface area (Å²) in [7, 11) is 1.77. The highest BCUT2D eigenvalue weighted by atomic mass is 16.4. The number of carbonyl (C=O) groups excluding carboxylic acids is 1. The van der Waals surface area contributed by atoms with E-state index in [0.29, 0.717) is 24.4 Å². The number of amides is 2. The van der Waals surface area contributed by atoms with Crippen molar-refractivity contribution in [2.45, 2.75) is 19.8 Å². The number of aromatic carboxylic acids is 1. The van der Waals surface area contributed by atoms with E-state index in [9.17, 15) is 9.59 Å². The predicted molar refractivity (Wildman–Crippen MR) is 80.5 cm³/mol. The largest absolute Gasteiger partial charge is 0.478 e. The third-order valence-electron chi connectivity index (χ3n) is 3.99. The Bertz CT molecular complexity index is 530. The topological polar surface area (TPSA) is 60.9 Å². The van der Waals surface area contributed by atoms with Gasteiger partial charge in [-0.25, -0.2) is 9.59 Å². The van der Waals surface area contributed by atoms with Gasteiger partial charge in [0.2, 0.25) is 0 Å². The van der Waals surface area contributed by atoms with E-state index in [1.54, 1.807) is 30.1 Å². The van der Waals surface area contributed by atoms with Crippen LogP contribution in [0.3, 0.4) is 0 Å². The first-order valence-corrected chi connectivity index (χ1v) is 7.30. The van der Waals surface area contributed by atoms with E-state index in [1.807, 2.05) is 11.0 Å². The zero-order chi connectivity index (χ0) is 15.4. The van der Waals surface area contributed by atoms with Gasteiger partial charge in [-0.1, -0.05) is 25.1 Å². The molecule has 0 spiro atoms. The summed E-state index contributed by atoms with van der Waals surface area (Å²) in [5.74, 6) is -0.358. The van der Waals surface area contributed by atoms with E-state index in [-0.39, 0.29) is 6.03 Å². The molecule has 1 saturated heterocycles. The minimum absolute atomic E-state index is 0.0344. The monoisotopic (exact) mass is 290 g/mol. The first-order chi connectivity index (χ1) is 9.99. The van der Waals surface area contributed by atoms with Gasteiger partial charge in [0.15, 0.2) is 0 Å². The Morgan fingerprint density at radius 1 is 1.38 bits per heavy atom. The summed E-state index contributed by atoms with van der Waals surface area (Å²) in [6.07, 6.45) is 1.61. The van der Waals surface area contributed by atoms with Gasteiger partial charge in [-0.15, -0.1) is 0 Å². The Kier molecular flexibility index (Phi) is 4.83. The van der Waals surface area contributed by atoms with Crippen molar-refractivity contribution >= 4 is 12.0 Å². The molecule has 21 heavy (non-hydrogen) atoms. The van der Waals surface area contributed by atoms with Crippen molar-refractivity contribution in [1.82, 2.24) is 9.80 Å². The molecule has 1 N–H and O–H groups in total. The van der Waals surface area contributed by atoms with Crippen molar-refractivity contribution in [3.05, 3.63) is 35.4 Å². The van der Waals surface area contributed by atoms with Crippen LogP contribution in [-0.2, 0) is 6.42 Å². The number of carboxylic acid groups (broad SMARTS) is 1. The third kappa shape index (κ3) is 3.74. The number of urea groups is 1. The van der Waals surface area contributed by atoms with Crippen LogP contribution < -0.4 is 0 Å². The SMILES string of the molecule is CC1CCN(C(=O)N(C)CCc2ccccc2C(=O)O)C1. The minimum Gasteiger partial charge on any atom is -0.478 e. The maximum absolute atomic E-state index is 12.3. The van der Waals surface area contributed by atoms with Crippen LogP contribution in [0.15, 0.2) is 24.3 Å². The van der Waals surface area contributed by atoms with Gasteiger partial charge in [0, 0.05) is 26.7 Å². The maximum Gasteiger partial charge on any atom is 0.335 e. The number of carbonyl (C=O) groups is 2. The average molecular weight is 290 g/mol. The van der Waals surface area contributed by atoms with Crippen LogP contribution in [0.1, 0.15) is 29.3 Å². The molecule has 0 bridgehead atoms. The lowest BCUT2D eigenvalue weighted by atomic mass is 10.0. The summed E-state index contributed by atoms with van der Waals surface area (Å²) in [5, 5.41) is 9.15. The molecule has 1 unspecified atom stereocenters. The Morgan fingerprint density at radius 2 is 2.10 bits per heavy atom. The Balaban J connectivity index is 1.93. The molecule has 2 amide bonds. The van der Waals surface area contributed by atoms with Crippen molar-refractivity contribution in [3.8, 4) is 0 Å². The van der Waals surface area contributed by atoms with Crippen LogP contribution in [-0.4, -0.2) is 53.6 Å². The van der Waals surface area contributed by atoms with Crippen LogP contribution in [0.2, 0.25) is 0 Å². The zero-order valence-corrected chi connectivity index (χ0v) is 12.6. The molecule has 1 atom stereocenters. The van der Waals surface area contributed by atoms with E-state index in [4.69, 9.17) is 5.11 Å². The summed E-state index contributed by atoms with van der Waals surface area (Å²) >= 11 is 0. The van der Waals surface area contributed by atoms with Crippen LogP contribution in [0.4, 0.5) is 4.79 Å². The predicted octanol–water partition coefficient (Wildman–Crippen LogP) is 2.32. The Hall–Kier alpha value is -2.04. The lowest BCUT2D eigenvalue weighted by Gasteiger charge is -2.24. The lowest BCUT2D eigenvalue weighted by Crippen LogP contribution is -2.40. The number of rotatable bonds is 4. The molecule has 0 aliphatic carbocycles. The highest BCUT2D eigenvalue weighted by molar-refractivity contribution is 5.89. The molecule has 1 aromatic carbocycles. The fourth-order valence-electron chi connectivity index (χ4n) is 2.68. The van der Waals surface area contributed by atoms with Gasteiger partial charge in [-0.2, -0.15) is 0 Å². The molecule has 1 fully saturated rings. The molecule has 1 aromatic rings. The fraction of sp³-hybridized carbons (Fsp3) is 0.500. The Morgan fingerprint density at radius 3 is 2.71 bits per heavy atom. The number of likely N-dealkylation sites (N-methyl/N-ethyl adjacent to an activating group) is 1. The van der Waals surface area contributed by atoms with Crippen LogP contribution in [0.25, 0.3) is 0 Å². The number of likely N-dealkylation sites (tertiary alicyclic amines) is 1. The number of nitrogens with zero attached hydrogens (tertiary/aromatic N) is 2. The molecule has 114 valence electrons. The summed E-state index contributed by atoms with van der Waals surface area (Å²) in [6, 6.07) is 6.98. The summed E-state index contributed by atoms with van der Waals surface area (Å²) in [4.78, 5) is 27.0. The molecule has 2 rings (SSSR count). The van der Waals surface area contributed by atoms with Gasteiger partial charge in [0.25, 0.3) is 0 Å². The lowest BCUT2D eigenvalue weighted by molar-refractivity contribution is 0.0695. The molecular formula is C16H22N2O3. The molecule has 5 heteroatoms. The van der Waals surface area contributed by atoms with Gasteiger partial charge in [-0.3, -0.25) is 0 Å². The molecular weight excluding hydrogens is 268 g/mol. The second kappa shape index (κ2) is 6.61. The third-order valence-corrected chi connectivity index (χ3v) is 3.99. The first-order valence-electron chi connectivity index (χ1n) is 7.30. The second-order valence-corrected chi connectivity index (χ2v) is 5.76. The molecule has 0 aromatic heterocycles. The summed E-state index contributed by atoms with van der Waals surface area (Å²) in [5.41, 5.74) is 1.08. The average Bonchev–Trinajstić information content (AvgIpc) is 2.90. The van der Waals surface area contributed by atoms with Crippen molar-refractivity contribution in [3.63, 3.8) is 0 Å². The quantitative estimate of drug-likeness (QED) is 0.925. The van der Waals surface area contributed by atoms with Crippen molar-refractivity contribution in [2.75, 3.05) is 26.7 Å². The summed E-state index contributed by atoms with van der Waals surface area (Å²) < 4.78 is 0. The van der Waals surface area contributed by atoms with Crippen LogP contribution in [0, 0.1) is 5.92 Å². The fourth-order valence-corrected chi connectivity index (χ4v) is 2.68. The normalized spacial score (nSPS) is 17.8. The standard InChI is InChI=1S/C16H22N2O3/c1-12-7-10-18(11-12)16(21)17(2)9-8-13-5-3-4-6-14(13)15(19)20/h3-6,12H,7-11H2,1-2H3,(H,19,20). The highest BCUT2D eigenvalue weighted by Gasteiger charge is 2.25. The minimum atomic E-state index is -0.923. The van der Waals surface area contributed by atoms with Gasteiger partial charge in [0.05, 0.1) is 5.56 Å². The molecule has 1 aliphatic rings. The highest BCUT2D eigenvalue weighted by Crippen LogP contribution is 2.17. The number of hydrogen-bond donors (Lipinski definition) is 1. The number of carboxylic acids is 1. The molecule has 0 saturated carbocycles. The summed E-state index contributed by atoms with van der Waals surface area (Å²) in [6.45, 7) is 4.30. The zero-order valence-electron chi connectivity index (χ0n) is 12.6. The number of benzene rings is 1. The van der Waals surface area contributed by atoms with Crippen LogP contribution in [0.5, 0.6) is 0 Å².